The summed E-state index contributed by atoms with van der Waals surface area (Å²) in [5.41, 5.74) is 3.35. The molecule has 1 saturated carbocycles. The molecule has 18 heavy (non-hydrogen) atoms. The molecule has 2 aliphatic rings. The van der Waals surface area contributed by atoms with Crippen molar-refractivity contribution in [3.05, 3.63) is 22.9 Å². The van der Waals surface area contributed by atoms with Gasteiger partial charge in [0.25, 0.3) is 0 Å². The van der Waals surface area contributed by atoms with Crippen molar-refractivity contribution in [1.82, 2.24) is 4.98 Å². The van der Waals surface area contributed by atoms with E-state index in [0.717, 1.165) is 23.4 Å². The predicted molar refractivity (Wildman–Crippen MR) is 73.7 cm³/mol. The third-order valence-corrected chi connectivity index (χ3v) is 5.31. The Labute approximate surface area is 113 Å². The minimum atomic E-state index is 0.679. The Kier molecular flexibility index (Phi) is 3.56. The van der Waals surface area contributed by atoms with Gasteiger partial charge in [0.2, 0.25) is 0 Å². The molecule has 1 aromatic rings. The molecule has 94 valence electrons. The number of pyridine rings is 1. The zero-order valence-electron chi connectivity index (χ0n) is 10.6. The molecule has 3 rings (SSSR count). The number of hydrogen-bond acceptors (Lipinski definition) is 3. The maximum Gasteiger partial charge on any atom is 0.114 e. The summed E-state index contributed by atoms with van der Waals surface area (Å²) in [7, 11) is 0. The molecule has 0 radical (unpaired) electrons. The van der Waals surface area contributed by atoms with E-state index < -0.39 is 0 Å². The first-order valence-corrected chi connectivity index (χ1v) is 7.84. The van der Waals surface area contributed by atoms with Crippen LogP contribution < -0.4 is 0 Å². The van der Waals surface area contributed by atoms with Crippen LogP contribution in [0.3, 0.4) is 0 Å². The lowest BCUT2D eigenvalue weighted by Crippen LogP contribution is -2.09. The van der Waals surface area contributed by atoms with Crippen molar-refractivity contribution in [2.75, 3.05) is 0 Å². The molecule has 0 unspecified atom stereocenters. The molecule has 1 fully saturated rings. The van der Waals surface area contributed by atoms with Gasteiger partial charge in [0, 0.05) is 10.9 Å². The number of nitriles is 1. The molecule has 0 aliphatic heterocycles. The summed E-state index contributed by atoms with van der Waals surface area (Å²) in [6, 6.07) is 4.42. The topological polar surface area (TPSA) is 36.7 Å². The first kappa shape index (κ1) is 12.0. The molecular formula is C15H18N2S. The molecule has 2 nitrogen and oxygen atoms in total. The van der Waals surface area contributed by atoms with Crippen molar-refractivity contribution in [2.45, 2.75) is 61.6 Å². The van der Waals surface area contributed by atoms with Crippen LogP contribution in [-0.2, 0) is 12.8 Å². The average Bonchev–Trinajstić information content (AvgIpc) is 2.86. The van der Waals surface area contributed by atoms with E-state index in [1.807, 2.05) is 11.8 Å². The number of nitrogens with zero attached hydrogens (tertiary/aromatic N) is 2. The fraction of sp³-hybridized carbons (Fsp3) is 0.600. The van der Waals surface area contributed by atoms with Crippen LogP contribution in [-0.4, -0.2) is 10.2 Å². The highest BCUT2D eigenvalue weighted by Gasteiger charge is 2.20. The smallest absolute Gasteiger partial charge is 0.114 e. The maximum absolute atomic E-state index is 9.28. The van der Waals surface area contributed by atoms with E-state index in [1.165, 1.54) is 49.8 Å². The molecule has 0 aromatic carbocycles. The predicted octanol–water partition coefficient (Wildman–Crippen LogP) is 3.87. The van der Waals surface area contributed by atoms with E-state index >= 15 is 0 Å². The number of aryl methyl sites for hydroxylation is 2. The van der Waals surface area contributed by atoms with E-state index in [1.54, 1.807) is 0 Å². The molecule has 0 N–H and O–H groups in total. The van der Waals surface area contributed by atoms with Crippen LogP contribution in [0.4, 0.5) is 0 Å². The molecule has 0 saturated heterocycles. The lowest BCUT2D eigenvalue weighted by Gasteiger charge is -2.21. The van der Waals surface area contributed by atoms with Gasteiger partial charge in [-0.05, 0) is 43.7 Å². The first-order valence-electron chi connectivity index (χ1n) is 6.96. The van der Waals surface area contributed by atoms with Crippen molar-refractivity contribution in [3.63, 3.8) is 0 Å². The van der Waals surface area contributed by atoms with Gasteiger partial charge in [0.1, 0.15) is 11.1 Å². The van der Waals surface area contributed by atoms with Gasteiger partial charge in [-0.1, -0.05) is 19.3 Å². The second kappa shape index (κ2) is 5.32. The summed E-state index contributed by atoms with van der Waals surface area (Å²) in [5, 5.41) is 10.9. The van der Waals surface area contributed by atoms with Crippen LogP contribution in [0.2, 0.25) is 0 Å². The highest BCUT2D eigenvalue weighted by atomic mass is 32.2. The second-order valence-electron chi connectivity index (χ2n) is 5.29. The Morgan fingerprint density at radius 3 is 2.78 bits per heavy atom. The van der Waals surface area contributed by atoms with Gasteiger partial charge >= 0.3 is 0 Å². The molecule has 2 aliphatic carbocycles. The van der Waals surface area contributed by atoms with Gasteiger partial charge in [-0.15, -0.1) is 11.8 Å². The van der Waals surface area contributed by atoms with Gasteiger partial charge in [0.15, 0.2) is 0 Å². The molecule has 1 aromatic heterocycles. The monoisotopic (exact) mass is 258 g/mol. The number of rotatable bonds is 2. The van der Waals surface area contributed by atoms with Gasteiger partial charge in [0.05, 0.1) is 5.56 Å². The molecule has 1 heterocycles. The quantitative estimate of drug-likeness (QED) is 0.808. The van der Waals surface area contributed by atoms with Crippen molar-refractivity contribution in [1.29, 1.82) is 5.26 Å². The number of fused-ring (bicyclic) bond motifs is 1. The molecule has 0 bridgehead atoms. The minimum absolute atomic E-state index is 0.679. The van der Waals surface area contributed by atoms with E-state index in [0.29, 0.717) is 5.25 Å². The summed E-state index contributed by atoms with van der Waals surface area (Å²) >= 11 is 1.85. The van der Waals surface area contributed by atoms with Crippen LogP contribution in [0.25, 0.3) is 0 Å². The van der Waals surface area contributed by atoms with Crippen LogP contribution in [0.1, 0.15) is 55.3 Å². The van der Waals surface area contributed by atoms with Gasteiger partial charge < -0.3 is 0 Å². The zero-order chi connectivity index (χ0) is 12.4. The SMILES string of the molecule is N#Cc1cc2c(nc1SC1CCCCC1)CCC2. The van der Waals surface area contributed by atoms with E-state index in [2.05, 4.69) is 12.1 Å². The summed E-state index contributed by atoms with van der Waals surface area (Å²) in [4.78, 5) is 4.76. The molecule has 0 spiro atoms. The van der Waals surface area contributed by atoms with Crippen molar-refractivity contribution in [3.8, 4) is 6.07 Å². The largest absolute Gasteiger partial charge is 0.245 e. The van der Waals surface area contributed by atoms with Gasteiger partial charge in [-0.3, -0.25) is 0 Å². The number of hydrogen-bond donors (Lipinski definition) is 0. The fourth-order valence-electron chi connectivity index (χ4n) is 2.96. The third-order valence-electron chi connectivity index (χ3n) is 3.97. The molecule has 0 amide bonds. The van der Waals surface area contributed by atoms with E-state index in [4.69, 9.17) is 4.98 Å². The first-order chi connectivity index (χ1) is 8.86. The van der Waals surface area contributed by atoms with Crippen LogP contribution in [0.15, 0.2) is 11.1 Å². The Bertz CT molecular complexity index is 484. The average molecular weight is 258 g/mol. The lowest BCUT2D eigenvalue weighted by molar-refractivity contribution is 0.515. The molecule has 0 atom stereocenters. The Balaban J connectivity index is 1.84. The van der Waals surface area contributed by atoms with Crippen molar-refractivity contribution < 1.29 is 0 Å². The lowest BCUT2D eigenvalue weighted by atomic mass is 10.0. The van der Waals surface area contributed by atoms with E-state index in [-0.39, 0.29) is 0 Å². The fourth-order valence-corrected chi connectivity index (χ4v) is 4.24. The molecular weight excluding hydrogens is 240 g/mol. The summed E-state index contributed by atoms with van der Waals surface area (Å²) in [5.74, 6) is 0. The Hall–Kier alpha value is -1.01. The van der Waals surface area contributed by atoms with Crippen molar-refractivity contribution >= 4 is 11.8 Å². The maximum atomic E-state index is 9.28. The summed E-state index contributed by atoms with van der Waals surface area (Å²) < 4.78 is 0. The molecule has 3 heteroatoms. The normalized spacial score (nSPS) is 19.5. The van der Waals surface area contributed by atoms with Gasteiger partial charge in [-0.25, -0.2) is 4.98 Å². The third kappa shape index (κ3) is 2.40. The standard InChI is InChI=1S/C15H18N2S/c16-10-12-9-11-5-4-8-14(11)17-15(12)18-13-6-2-1-3-7-13/h9,13H,1-8H2. The Morgan fingerprint density at radius 1 is 1.17 bits per heavy atom. The minimum Gasteiger partial charge on any atom is -0.245 e. The van der Waals surface area contributed by atoms with Crippen molar-refractivity contribution in [2.24, 2.45) is 0 Å². The summed E-state index contributed by atoms with van der Waals surface area (Å²) in [6.45, 7) is 0. The Morgan fingerprint density at radius 2 is 2.00 bits per heavy atom. The zero-order valence-corrected chi connectivity index (χ0v) is 11.4. The highest BCUT2D eigenvalue weighted by Crippen LogP contribution is 2.35. The second-order valence-corrected chi connectivity index (χ2v) is 6.58. The van der Waals surface area contributed by atoms with E-state index in [9.17, 15) is 5.26 Å². The van der Waals surface area contributed by atoms with Crippen LogP contribution >= 0.6 is 11.8 Å². The number of aromatic nitrogens is 1. The summed E-state index contributed by atoms with van der Waals surface area (Å²) in [6.07, 6.45) is 10.0. The van der Waals surface area contributed by atoms with Crippen LogP contribution in [0, 0.1) is 11.3 Å². The highest BCUT2D eigenvalue weighted by molar-refractivity contribution is 7.99. The van der Waals surface area contributed by atoms with Crippen LogP contribution in [0.5, 0.6) is 0 Å². The number of thioether (sulfide) groups is 1. The van der Waals surface area contributed by atoms with Gasteiger partial charge in [-0.2, -0.15) is 5.26 Å².